The first-order chi connectivity index (χ1) is 6.84. The van der Waals surface area contributed by atoms with E-state index in [1.807, 2.05) is 0 Å². The summed E-state index contributed by atoms with van der Waals surface area (Å²) in [5.74, 6) is 0. The normalized spacial score (nSPS) is 27.2. The van der Waals surface area contributed by atoms with Gasteiger partial charge in [0.15, 0.2) is 0 Å². The number of nitrogens with one attached hydrogen (secondary N) is 1. The highest BCUT2D eigenvalue weighted by Gasteiger charge is 2.21. The lowest BCUT2D eigenvalue weighted by atomic mass is 10.2. The van der Waals surface area contributed by atoms with Crippen molar-refractivity contribution in [2.75, 3.05) is 46.1 Å². The van der Waals surface area contributed by atoms with Crippen LogP contribution in [0.1, 0.15) is 6.92 Å². The minimum atomic E-state index is 0.557. The van der Waals surface area contributed by atoms with Crippen LogP contribution >= 0.6 is 0 Å². The van der Waals surface area contributed by atoms with Crippen molar-refractivity contribution in [2.45, 2.75) is 19.0 Å². The third-order valence-corrected chi connectivity index (χ3v) is 2.79. The first-order valence-electron chi connectivity index (χ1n) is 5.48. The lowest BCUT2D eigenvalue weighted by Gasteiger charge is -2.34. The Hall–Kier alpha value is -0.160. The zero-order valence-corrected chi connectivity index (χ0v) is 8.87. The average Bonchev–Trinajstić information content (AvgIpc) is 2.13. The Morgan fingerprint density at radius 3 is 2.57 bits per heavy atom. The van der Waals surface area contributed by atoms with Crippen LogP contribution in [0.2, 0.25) is 0 Å². The van der Waals surface area contributed by atoms with E-state index in [1.54, 1.807) is 0 Å². The summed E-state index contributed by atoms with van der Waals surface area (Å²) in [6.07, 6.45) is 0. The van der Waals surface area contributed by atoms with Crippen molar-refractivity contribution in [3.8, 4) is 0 Å². The first kappa shape index (κ1) is 10.4. The van der Waals surface area contributed by atoms with Crippen molar-refractivity contribution in [2.24, 2.45) is 0 Å². The molecule has 1 atom stereocenters. The summed E-state index contributed by atoms with van der Waals surface area (Å²) >= 11 is 0. The van der Waals surface area contributed by atoms with Gasteiger partial charge in [-0.05, 0) is 6.92 Å². The summed E-state index contributed by atoms with van der Waals surface area (Å²) in [7, 11) is 0. The predicted octanol–water partition coefficient (Wildman–Crippen LogP) is -0.304. The molecule has 1 N–H and O–H groups in total. The maximum absolute atomic E-state index is 5.31. The molecule has 14 heavy (non-hydrogen) atoms. The average molecular weight is 200 g/mol. The van der Waals surface area contributed by atoms with Crippen molar-refractivity contribution < 1.29 is 9.47 Å². The molecule has 2 aliphatic heterocycles. The maximum Gasteiger partial charge on any atom is 0.0643 e. The monoisotopic (exact) mass is 200 g/mol. The molecule has 0 spiro atoms. The van der Waals surface area contributed by atoms with Gasteiger partial charge in [0.05, 0.1) is 32.5 Å². The lowest BCUT2D eigenvalue weighted by molar-refractivity contribution is -0.0142. The second kappa shape index (κ2) is 5.07. The van der Waals surface area contributed by atoms with Crippen molar-refractivity contribution in [1.29, 1.82) is 0 Å². The van der Waals surface area contributed by atoms with E-state index in [9.17, 15) is 0 Å². The Balaban J connectivity index is 1.62. The predicted molar refractivity (Wildman–Crippen MR) is 54.5 cm³/mol. The van der Waals surface area contributed by atoms with Crippen molar-refractivity contribution in [3.05, 3.63) is 0 Å². The van der Waals surface area contributed by atoms with Crippen LogP contribution in [-0.2, 0) is 9.47 Å². The molecular weight excluding hydrogens is 180 g/mol. The number of hydrogen-bond donors (Lipinski definition) is 1. The molecular formula is C10H20N2O2. The van der Waals surface area contributed by atoms with Crippen molar-refractivity contribution in [1.82, 2.24) is 10.2 Å². The van der Waals surface area contributed by atoms with Gasteiger partial charge in [-0.2, -0.15) is 0 Å². The lowest BCUT2D eigenvalue weighted by Crippen LogP contribution is -2.53. The number of morpholine rings is 1. The molecule has 4 heteroatoms. The molecule has 0 bridgehead atoms. The summed E-state index contributed by atoms with van der Waals surface area (Å²) in [6, 6.07) is 1.15. The molecule has 2 rings (SSSR count). The minimum Gasteiger partial charge on any atom is -0.379 e. The zero-order valence-electron chi connectivity index (χ0n) is 8.87. The highest BCUT2D eigenvalue weighted by atomic mass is 16.5. The fourth-order valence-corrected chi connectivity index (χ4v) is 1.96. The van der Waals surface area contributed by atoms with E-state index >= 15 is 0 Å². The van der Waals surface area contributed by atoms with Crippen LogP contribution in [0.25, 0.3) is 0 Å². The van der Waals surface area contributed by atoms with Gasteiger partial charge in [-0.25, -0.2) is 0 Å². The van der Waals surface area contributed by atoms with Gasteiger partial charge in [-0.1, -0.05) is 0 Å². The fraction of sp³-hybridized carbons (Fsp3) is 1.00. The van der Waals surface area contributed by atoms with Crippen LogP contribution in [0.5, 0.6) is 0 Å². The van der Waals surface area contributed by atoms with Gasteiger partial charge in [-0.3, -0.25) is 4.90 Å². The zero-order chi connectivity index (χ0) is 9.80. The molecule has 2 heterocycles. The second-order valence-corrected chi connectivity index (χ2v) is 4.22. The summed E-state index contributed by atoms with van der Waals surface area (Å²) in [6.45, 7) is 9.06. The van der Waals surface area contributed by atoms with Gasteiger partial charge in [-0.15, -0.1) is 0 Å². The Labute approximate surface area is 85.5 Å². The molecule has 0 aliphatic carbocycles. The smallest absolute Gasteiger partial charge is 0.0643 e. The molecule has 0 saturated carbocycles. The summed E-state index contributed by atoms with van der Waals surface area (Å²) in [4.78, 5) is 2.46. The van der Waals surface area contributed by atoms with Gasteiger partial charge in [0, 0.05) is 25.7 Å². The quantitative estimate of drug-likeness (QED) is 0.675. The second-order valence-electron chi connectivity index (χ2n) is 4.22. The molecule has 0 radical (unpaired) electrons. The van der Waals surface area contributed by atoms with E-state index in [0.717, 1.165) is 46.1 Å². The maximum atomic E-state index is 5.31. The van der Waals surface area contributed by atoms with Crippen molar-refractivity contribution in [3.63, 3.8) is 0 Å². The number of ether oxygens (including phenoxy) is 2. The Kier molecular flexibility index (Phi) is 3.75. The van der Waals surface area contributed by atoms with Gasteiger partial charge in [0.2, 0.25) is 0 Å². The summed E-state index contributed by atoms with van der Waals surface area (Å²) in [5, 5.41) is 3.56. The Bertz CT molecular complexity index is 168. The molecule has 2 aliphatic rings. The number of nitrogens with zero attached hydrogens (tertiary/aromatic N) is 1. The van der Waals surface area contributed by atoms with Crippen LogP contribution in [0.4, 0.5) is 0 Å². The van der Waals surface area contributed by atoms with E-state index < -0.39 is 0 Å². The van der Waals surface area contributed by atoms with Crippen molar-refractivity contribution >= 4 is 0 Å². The van der Waals surface area contributed by atoms with Gasteiger partial charge in [0.1, 0.15) is 0 Å². The van der Waals surface area contributed by atoms with E-state index in [4.69, 9.17) is 9.47 Å². The fourth-order valence-electron chi connectivity index (χ4n) is 1.96. The van der Waals surface area contributed by atoms with Gasteiger partial charge in [0.25, 0.3) is 0 Å². The third kappa shape index (κ3) is 2.92. The van der Waals surface area contributed by atoms with Crippen LogP contribution in [0, 0.1) is 0 Å². The summed E-state index contributed by atoms with van der Waals surface area (Å²) in [5.41, 5.74) is 0. The first-order valence-corrected chi connectivity index (χ1v) is 5.48. The minimum absolute atomic E-state index is 0.557. The summed E-state index contributed by atoms with van der Waals surface area (Å²) < 4.78 is 10.4. The molecule has 4 nitrogen and oxygen atoms in total. The SMILES string of the molecule is CC(CN1CCOCC1)NC1COC1. The van der Waals surface area contributed by atoms with Crippen LogP contribution in [0.15, 0.2) is 0 Å². The van der Waals surface area contributed by atoms with Crippen LogP contribution in [0.3, 0.4) is 0 Å². The highest BCUT2D eigenvalue weighted by Crippen LogP contribution is 2.03. The molecule has 82 valence electrons. The Morgan fingerprint density at radius 1 is 1.29 bits per heavy atom. The number of rotatable bonds is 4. The molecule has 2 fully saturated rings. The highest BCUT2D eigenvalue weighted by molar-refractivity contribution is 4.78. The van der Waals surface area contributed by atoms with E-state index in [0.29, 0.717) is 12.1 Å². The third-order valence-electron chi connectivity index (χ3n) is 2.79. The van der Waals surface area contributed by atoms with Gasteiger partial charge >= 0.3 is 0 Å². The van der Waals surface area contributed by atoms with Crippen LogP contribution in [-0.4, -0.2) is 63.0 Å². The van der Waals surface area contributed by atoms with E-state index in [-0.39, 0.29) is 0 Å². The molecule has 1 unspecified atom stereocenters. The Morgan fingerprint density at radius 2 is 2.00 bits per heavy atom. The topological polar surface area (TPSA) is 33.7 Å². The van der Waals surface area contributed by atoms with E-state index in [1.165, 1.54) is 0 Å². The number of hydrogen-bond acceptors (Lipinski definition) is 4. The molecule has 0 aromatic rings. The molecule has 0 aromatic carbocycles. The van der Waals surface area contributed by atoms with Gasteiger partial charge < -0.3 is 14.8 Å². The molecule has 0 amide bonds. The van der Waals surface area contributed by atoms with Crippen LogP contribution < -0.4 is 5.32 Å². The molecule has 2 saturated heterocycles. The molecule has 0 aromatic heterocycles. The standard InChI is InChI=1S/C10H20N2O2/c1-9(11-10-7-14-8-10)6-12-2-4-13-5-3-12/h9-11H,2-8H2,1H3. The van der Waals surface area contributed by atoms with E-state index in [2.05, 4.69) is 17.1 Å². The largest absolute Gasteiger partial charge is 0.379 e.